The minimum Gasteiger partial charge on any atom is -0.477 e. The topological polar surface area (TPSA) is 299 Å². The van der Waals surface area contributed by atoms with Gasteiger partial charge in [0.1, 0.15) is 29.0 Å². The molecule has 0 radical (unpaired) electrons. The number of amides is 1. The molecule has 3 aliphatic rings. The van der Waals surface area contributed by atoms with Gasteiger partial charge in [-0.05, 0) is 105 Å². The van der Waals surface area contributed by atoms with Crippen LogP contribution < -0.4 is 15.8 Å². The lowest BCUT2D eigenvalue weighted by atomic mass is 9.73. The molecule has 7 N–H and O–H groups in total. The van der Waals surface area contributed by atoms with Crippen LogP contribution in [0.4, 0.5) is 4.79 Å². The number of carboxylic acid groups (broad SMARTS) is 1. The van der Waals surface area contributed by atoms with Crippen LogP contribution in [0.15, 0.2) is 34.3 Å². The highest BCUT2D eigenvalue weighted by Crippen LogP contribution is 2.41. The lowest BCUT2D eigenvalue weighted by Gasteiger charge is -2.49. The maximum absolute atomic E-state index is 14.5. The third-order valence-corrected chi connectivity index (χ3v) is 16.1. The van der Waals surface area contributed by atoms with Gasteiger partial charge in [-0.25, -0.2) is 9.59 Å². The molecule has 1 aromatic carbocycles. The first-order valence-corrected chi connectivity index (χ1v) is 27.1. The lowest BCUT2D eigenvalue weighted by molar-refractivity contribution is -0.317. The highest BCUT2D eigenvalue weighted by atomic mass is 16.7. The Hall–Kier alpha value is -4.53. The Morgan fingerprint density at radius 3 is 2.22 bits per heavy atom. The molecule has 5 rings (SSSR count). The normalized spacial score (nSPS) is 36.9. The number of carbonyl (C=O) groups is 3. The van der Waals surface area contributed by atoms with Crippen molar-refractivity contribution in [1.82, 2.24) is 14.9 Å². The fourth-order valence-corrected chi connectivity index (χ4v) is 11.7. The summed E-state index contributed by atoms with van der Waals surface area (Å²) in [6.45, 7) is 17.0. The van der Waals surface area contributed by atoms with Crippen LogP contribution in [0.25, 0.3) is 10.9 Å². The third kappa shape index (κ3) is 14.7. The zero-order chi connectivity index (χ0) is 58.4. The number of ether oxygens (including phenoxy) is 8. The molecule has 2 aromatic rings. The summed E-state index contributed by atoms with van der Waals surface area (Å²) < 4.78 is 51.7. The number of methoxy groups -OCH3 is 1. The zero-order valence-electron chi connectivity index (χ0n) is 48.2. The summed E-state index contributed by atoms with van der Waals surface area (Å²) in [4.78, 5) is 54.5. The van der Waals surface area contributed by atoms with Crippen LogP contribution in [-0.4, -0.2) is 203 Å². The number of alkyl carbamates (subject to hydrolysis) is 1. The number of fused-ring (bicyclic) bond motifs is 1. The maximum Gasteiger partial charge on any atom is 0.407 e. The smallest absolute Gasteiger partial charge is 0.407 e. The Labute approximate surface area is 458 Å². The van der Waals surface area contributed by atoms with E-state index in [-0.39, 0.29) is 55.8 Å². The number of benzene rings is 1. The Morgan fingerprint density at radius 1 is 0.936 bits per heavy atom. The number of oxime groups is 1. The van der Waals surface area contributed by atoms with E-state index >= 15 is 0 Å². The van der Waals surface area contributed by atoms with Crippen molar-refractivity contribution in [2.45, 2.75) is 192 Å². The number of esters is 1. The molecule has 23 nitrogen and oxygen atoms in total. The summed E-state index contributed by atoms with van der Waals surface area (Å²) in [5, 5.41) is 76.3. The van der Waals surface area contributed by atoms with Crippen LogP contribution in [0.2, 0.25) is 0 Å². The van der Waals surface area contributed by atoms with Crippen molar-refractivity contribution >= 4 is 34.6 Å². The van der Waals surface area contributed by atoms with Gasteiger partial charge in [-0.15, -0.1) is 0 Å². The summed E-state index contributed by atoms with van der Waals surface area (Å²) in [7, 11) is 8.62. The highest BCUT2D eigenvalue weighted by molar-refractivity contribution is 5.93. The molecule has 23 heteroatoms. The van der Waals surface area contributed by atoms with Crippen molar-refractivity contribution in [1.29, 1.82) is 0 Å². The van der Waals surface area contributed by atoms with Gasteiger partial charge >= 0.3 is 18.0 Å². The van der Waals surface area contributed by atoms with Crippen molar-refractivity contribution in [3.05, 3.63) is 45.7 Å². The molecule has 0 unspecified atom stereocenters. The molecule has 0 bridgehead atoms. The second-order valence-electron chi connectivity index (χ2n) is 22.8. The molecule has 1 amide bonds. The molecule has 0 aliphatic carbocycles. The molecule has 78 heavy (non-hydrogen) atoms. The first-order chi connectivity index (χ1) is 36.4. The van der Waals surface area contributed by atoms with Crippen LogP contribution in [0.1, 0.15) is 117 Å². The van der Waals surface area contributed by atoms with Crippen molar-refractivity contribution in [3.8, 4) is 0 Å². The second kappa shape index (κ2) is 26.8. The molecular formula is C55H89N5O18. The molecule has 18 atom stereocenters. The summed E-state index contributed by atoms with van der Waals surface area (Å²) >= 11 is 0. The van der Waals surface area contributed by atoms with E-state index in [1.54, 1.807) is 84.4 Å². The number of carbonyl (C=O) groups excluding carboxylic acids is 2. The molecule has 0 saturated carbocycles. The number of carboxylic acids is 1. The molecule has 3 fully saturated rings. The van der Waals surface area contributed by atoms with E-state index in [0.29, 0.717) is 36.8 Å². The molecule has 442 valence electrons. The molecule has 1 aromatic heterocycles. The average molecular weight is 1110 g/mol. The number of cyclic esters (lactones) is 1. The number of nitrogens with zero attached hydrogens (tertiary/aromatic N) is 4. The number of hydrogen-bond donors (Lipinski definition) is 7. The number of hydrogen-bond acceptors (Lipinski definition) is 20. The van der Waals surface area contributed by atoms with Gasteiger partial charge in [-0.1, -0.05) is 38.9 Å². The van der Waals surface area contributed by atoms with Crippen molar-refractivity contribution < 1.29 is 83.0 Å². The van der Waals surface area contributed by atoms with Gasteiger partial charge in [0.25, 0.3) is 0 Å². The Kier molecular flexibility index (Phi) is 22.1. The maximum atomic E-state index is 14.5. The lowest BCUT2D eigenvalue weighted by Crippen LogP contribution is -2.61. The van der Waals surface area contributed by atoms with Crippen LogP contribution in [-0.2, 0) is 49.1 Å². The van der Waals surface area contributed by atoms with Crippen LogP contribution in [0, 0.1) is 23.7 Å². The summed E-state index contributed by atoms with van der Waals surface area (Å²) in [5.41, 5.74) is -4.53. The monoisotopic (exact) mass is 1110 g/mol. The van der Waals surface area contributed by atoms with Gasteiger partial charge < -0.3 is 83.9 Å². The minimum absolute atomic E-state index is 0.0261. The summed E-state index contributed by atoms with van der Waals surface area (Å²) in [5.74, 6) is -5.93. The number of pyridine rings is 1. The number of aliphatic hydroxyl groups is 4. The standard InChI is InChI=1S/C55H89N5O18/c1-16-40-55(10,69)46(63)31(4)42(57-70)29(2)26-53(8,68)47(77-51-44(62)39(58(11)12)24-30(3)73-51)32(5)45(33(6)50(66)75-40)76-41-27-54(9,71-15)48(34(7)74-41)78-52(67)56-21-23-72-22-17-18-35-19-20-38-36(25-35)43(61)37(49(64)65)28-60(38)59(13)14/h19-20,25,28-34,39-41,44-48,51,62-63,68-70H,16-18,21-24,26-27H2,1-15H3,(H,56,67)(H,64,65)/b57-42+/t29-,30-,31-,32+,33-,34+,39+,40-,41+,44-,45+,46-,47-,48+,51+,53-,54-,55-/m1/s1. The first kappa shape index (κ1) is 64.3. The van der Waals surface area contributed by atoms with Gasteiger partial charge in [0.15, 0.2) is 18.7 Å². The first-order valence-electron chi connectivity index (χ1n) is 27.1. The predicted molar refractivity (Wildman–Crippen MR) is 287 cm³/mol. The van der Waals surface area contributed by atoms with Crippen LogP contribution in [0.5, 0.6) is 0 Å². The van der Waals surface area contributed by atoms with E-state index in [9.17, 15) is 49.9 Å². The highest BCUT2D eigenvalue weighted by Gasteiger charge is 2.54. The molecule has 0 spiro atoms. The van der Waals surface area contributed by atoms with Crippen molar-refractivity contribution in [3.63, 3.8) is 0 Å². The Morgan fingerprint density at radius 2 is 1.62 bits per heavy atom. The fraction of sp³-hybridized carbons (Fsp3) is 0.764. The average Bonchev–Trinajstić information content (AvgIpc) is 3.43. The van der Waals surface area contributed by atoms with Crippen LogP contribution in [0.3, 0.4) is 0 Å². The quantitative estimate of drug-likeness (QED) is 0.0515. The molecular weight excluding hydrogens is 1020 g/mol. The van der Waals surface area contributed by atoms with Gasteiger partial charge in [0, 0.05) is 76.2 Å². The van der Waals surface area contributed by atoms with Crippen molar-refractivity contribution in [2.24, 2.45) is 28.8 Å². The third-order valence-electron chi connectivity index (χ3n) is 16.1. The summed E-state index contributed by atoms with van der Waals surface area (Å²) in [6, 6.07) is 4.98. The second-order valence-corrected chi connectivity index (χ2v) is 22.8. The van der Waals surface area contributed by atoms with Gasteiger partial charge in [-0.2, -0.15) is 0 Å². The Bertz CT molecular complexity index is 2430. The zero-order valence-corrected chi connectivity index (χ0v) is 48.2. The van der Waals surface area contributed by atoms with E-state index in [1.807, 2.05) is 32.0 Å². The van der Waals surface area contributed by atoms with E-state index in [4.69, 9.17) is 37.9 Å². The molecule has 3 saturated heterocycles. The van der Waals surface area contributed by atoms with Gasteiger partial charge in [0.2, 0.25) is 5.43 Å². The van der Waals surface area contributed by atoms with Crippen molar-refractivity contribution in [2.75, 3.05) is 60.1 Å². The fourth-order valence-electron chi connectivity index (χ4n) is 11.7. The summed E-state index contributed by atoms with van der Waals surface area (Å²) in [6.07, 6.45) is -8.95. The van der Waals surface area contributed by atoms with E-state index < -0.39 is 119 Å². The van der Waals surface area contributed by atoms with Crippen LogP contribution >= 0.6 is 0 Å². The van der Waals surface area contributed by atoms with Gasteiger partial charge in [0.05, 0.1) is 59.9 Å². The van der Waals surface area contributed by atoms with Gasteiger partial charge in [-0.3, -0.25) is 14.3 Å². The number of aromatic carboxylic acids is 1. The number of nitrogens with one attached hydrogen (secondary N) is 1. The number of likely N-dealkylation sites (N-methyl/N-ethyl adjacent to an activating group) is 1. The number of rotatable bonds is 17. The SMILES string of the molecule is CC[C@H]1OC(=O)[C@H](C)[C@@H](O[C@H]2C[C@@](C)(OC)[C@@H](OC(=O)NCCOCCCc3ccc4c(c3)c(=O)c(C(=O)O)cn4N(C)C)[C@H](C)O2)[C@H](C)[C@@H](O[C@@H]2O[C@H](C)C[C@H](N(C)C)[C@H]2O)[C@](C)(O)C[C@@H](C)/C(=N\O)[C@@H](C)[C@@H](O)[C@]1(C)O. The molecule has 3 aliphatic heterocycles. The Balaban J connectivity index is 1.32. The van der Waals surface area contributed by atoms with E-state index in [2.05, 4.69) is 10.5 Å². The minimum atomic E-state index is -2.04. The molecule has 4 heterocycles. The van der Waals surface area contributed by atoms with E-state index in [0.717, 1.165) is 5.56 Å². The predicted octanol–water partition coefficient (Wildman–Crippen LogP) is 3.64. The van der Waals surface area contributed by atoms with E-state index in [1.165, 1.54) is 27.2 Å². The number of aryl methyl sites for hydroxylation is 1. The largest absolute Gasteiger partial charge is 0.477 e. The number of aliphatic hydroxyl groups excluding tert-OH is 2. The number of aromatic nitrogens is 1.